The molecule has 0 aliphatic carbocycles. The summed E-state index contributed by atoms with van der Waals surface area (Å²) in [6, 6.07) is 3.52. The molecule has 0 bridgehead atoms. The fraction of sp³-hybridized carbons (Fsp3) is 0. The number of aromatic nitrogens is 3. The number of hydrogen-bond acceptors (Lipinski definition) is 5. The van der Waals surface area contributed by atoms with Gasteiger partial charge in [-0.05, 0) is 46.5 Å². The van der Waals surface area contributed by atoms with Crippen LogP contribution in [0.4, 0.5) is 5.69 Å². The first-order valence-electron chi connectivity index (χ1n) is 4.30. The van der Waals surface area contributed by atoms with Gasteiger partial charge in [0.2, 0.25) is 0 Å². The van der Waals surface area contributed by atoms with Gasteiger partial charge in [0.1, 0.15) is 13.6 Å². The number of H-pyrrole nitrogens is 1. The maximum Gasteiger partial charge on any atom is 0.265 e. The Morgan fingerprint density at radius 3 is 2.94 bits per heavy atom. The van der Waals surface area contributed by atoms with Crippen LogP contribution in [-0.4, -0.2) is 15.0 Å². The first-order valence-corrected chi connectivity index (χ1v) is 6.19. The minimum Gasteiger partial charge on any atom is -0.397 e. The van der Waals surface area contributed by atoms with Crippen LogP contribution in [0.5, 0.6) is 0 Å². The Morgan fingerprint density at radius 2 is 2.19 bits per heavy atom. The minimum atomic E-state index is -0.160. The highest BCUT2D eigenvalue weighted by Crippen LogP contribution is 2.29. The molecular formula is C9H7IN4OS. The molecule has 0 unspecified atom stereocenters. The Morgan fingerprint density at radius 1 is 1.38 bits per heavy atom. The molecule has 0 aromatic carbocycles. The van der Waals surface area contributed by atoms with Crippen molar-refractivity contribution in [3.05, 3.63) is 38.6 Å². The summed E-state index contributed by atoms with van der Waals surface area (Å²) in [6.07, 6.45) is 3.02. The molecule has 2 aromatic rings. The fourth-order valence-electron chi connectivity index (χ4n) is 1.02. The summed E-state index contributed by atoms with van der Waals surface area (Å²) in [5, 5.41) is 1.26. The Bertz CT molecular complexity index is 571. The van der Waals surface area contributed by atoms with Gasteiger partial charge in [0.05, 0.1) is 12.0 Å². The van der Waals surface area contributed by atoms with Gasteiger partial charge >= 0.3 is 0 Å². The second-order valence-electron chi connectivity index (χ2n) is 2.85. The molecular weight excluding hydrogens is 339 g/mol. The number of rotatable bonds is 2. The number of nitrogens with one attached hydrogen (secondary N) is 1. The maximum absolute atomic E-state index is 11.3. The van der Waals surface area contributed by atoms with Gasteiger partial charge in [-0.1, -0.05) is 0 Å². The quantitative estimate of drug-likeness (QED) is 0.636. The van der Waals surface area contributed by atoms with Gasteiger partial charge in [-0.3, -0.25) is 4.79 Å². The summed E-state index contributed by atoms with van der Waals surface area (Å²) in [7, 11) is 0. The van der Waals surface area contributed by atoms with E-state index in [4.69, 9.17) is 5.73 Å². The van der Waals surface area contributed by atoms with Gasteiger partial charge in [-0.25, -0.2) is 9.97 Å². The number of nitrogens with two attached hydrogens (primary N) is 1. The Kier molecular flexibility index (Phi) is 3.44. The molecule has 0 aliphatic rings. The highest BCUT2D eigenvalue weighted by molar-refractivity contribution is 14.1. The molecule has 2 heterocycles. The molecule has 0 radical (unpaired) electrons. The predicted octanol–water partition coefficient (Wildman–Crippen LogP) is 1.50. The highest BCUT2D eigenvalue weighted by atomic mass is 127. The van der Waals surface area contributed by atoms with E-state index in [0.717, 1.165) is 0 Å². The van der Waals surface area contributed by atoms with E-state index >= 15 is 0 Å². The van der Waals surface area contributed by atoms with Crippen molar-refractivity contribution in [3.8, 4) is 0 Å². The zero-order chi connectivity index (χ0) is 11.5. The van der Waals surface area contributed by atoms with E-state index in [1.165, 1.54) is 18.1 Å². The van der Waals surface area contributed by atoms with Crippen LogP contribution in [0.15, 0.2) is 39.5 Å². The van der Waals surface area contributed by atoms with E-state index in [1.54, 1.807) is 18.3 Å². The van der Waals surface area contributed by atoms with Crippen LogP contribution in [0.25, 0.3) is 0 Å². The second kappa shape index (κ2) is 4.83. The standard InChI is InChI=1S/C9H7IN4OS/c10-6-7(15)13-4-14-9(6)16-8-5(11)2-1-3-12-8/h1-4H,11H2,(H,13,14,15). The van der Waals surface area contributed by atoms with Gasteiger partial charge in [0.15, 0.2) is 0 Å². The summed E-state index contributed by atoms with van der Waals surface area (Å²) in [5.74, 6) is 0. The van der Waals surface area contributed by atoms with Gasteiger partial charge in [-0.15, -0.1) is 0 Å². The smallest absolute Gasteiger partial charge is 0.265 e. The zero-order valence-corrected chi connectivity index (χ0v) is 10.9. The van der Waals surface area contributed by atoms with E-state index < -0.39 is 0 Å². The molecule has 2 aromatic heterocycles. The summed E-state index contributed by atoms with van der Waals surface area (Å²) >= 11 is 3.23. The van der Waals surface area contributed by atoms with Crippen molar-refractivity contribution in [1.29, 1.82) is 0 Å². The van der Waals surface area contributed by atoms with E-state index in [2.05, 4.69) is 15.0 Å². The molecule has 3 N–H and O–H groups in total. The maximum atomic E-state index is 11.3. The largest absolute Gasteiger partial charge is 0.397 e. The molecule has 16 heavy (non-hydrogen) atoms. The van der Waals surface area contributed by atoms with Crippen LogP contribution < -0.4 is 11.3 Å². The lowest BCUT2D eigenvalue weighted by atomic mass is 10.4. The molecule has 0 saturated carbocycles. The number of halogens is 1. The molecule has 0 amide bonds. The first-order chi connectivity index (χ1) is 7.68. The minimum absolute atomic E-state index is 0.160. The van der Waals surface area contributed by atoms with Crippen LogP contribution in [0.3, 0.4) is 0 Å². The lowest BCUT2D eigenvalue weighted by Crippen LogP contribution is -2.11. The van der Waals surface area contributed by atoms with E-state index in [1.807, 2.05) is 22.6 Å². The summed E-state index contributed by atoms with van der Waals surface area (Å²) in [6.45, 7) is 0. The topological polar surface area (TPSA) is 84.7 Å². The monoisotopic (exact) mass is 346 g/mol. The highest BCUT2D eigenvalue weighted by Gasteiger charge is 2.09. The molecule has 7 heteroatoms. The van der Waals surface area contributed by atoms with Crippen molar-refractivity contribution in [2.24, 2.45) is 0 Å². The summed E-state index contributed by atoms with van der Waals surface area (Å²) < 4.78 is 0.537. The van der Waals surface area contributed by atoms with Crippen molar-refractivity contribution in [3.63, 3.8) is 0 Å². The number of anilines is 1. The third-order valence-corrected chi connectivity index (χ3v) is 4.16. The lowest BCUT2D eigenvalue weighted by molar-refractivity contribution is 0.983. The predicted molar refractivity (Wildman–Crippen MR) is 70.3 cm³/mol. The van der Waals surface area contributed by atoms with Crippen molar-refractivity contribution in [2.45, 2.75) is 10.1 Å². The SMILES string of the molecule is Nc1cccnc1Sc1nc[nH]c(=O)c1I. The number of hydrogen-bond donors (Lipinski definition) is 2. The average molecular weight is 346 g/mol. The first kappa shape index (κ1) is 11.4. The van der Waals surface area contributed by atoms with E-state index in [9.17, 15) is 4.79 Å². The molecule has 82 valence electrons. The van der Waals surface area contributed by atoms with Gasteiger partial charge in [0.25, 0.3) is 5.56 Å². The number of nitrogens with zero attached hydrogens (tertiary/aromatic N) is 2. The molecule has 5 nitrogen and oxygen atoms in total. The van der Waals surface area contributed by atoms with Crippen LogP contribution in [0.1, 0.15) is 0 Å². The van der Waals surface area contributed by atoms with Crippen molar-refractivity contribution < 1.29 is 0 Å². The summed E-state index contributed by atoms with van der Waals surface area (Å²) in [4.78, 5) is 22.1. The normalized spacial score (nSPS) is 10.3. The third-order valence-electron chi connectivity index (χ3n) is 1.76. The molecule has 0 fully saturated rings. The Labute approximate surface area is 109 Å². The van der Waals surface area contributed by atoms with Gasteiger partial charge in [-0.2, -0.15) is 0 Å². The average Bonchev–Trinajstić information content (AvgIpc) is 2.28. The van der Waals surface area contributed by atoms with E-state index in [0.29, 0.717) is 19.3 Å². The fourth-order valence-corrected chi connectivity index (χ4v) is 2.41. The molecule has 0 spiro atoms. The van der Waals surface area contributed by atoms with Crippen LogP contribution in [-0.2, 0) is 0 Å². The number of nitrogen functional groups attached to an aromatic ring is 1. The van der Waals surface area contributed by atoms with Crippen LogP contribution in [0.2, 0.25) is 0 Å². The van der Waals surface area contributed by atoms with Crippen molar-refractivity contribution in [2.75, 3.05) is 5.73 Å². The molecule has 0 atom stereocenters. The third kappa shape index (κ3) is 2.35. The molecule has 0 aliphatic heterocycles. The van der Waals surface area contributed by atoms with Crippen molar-refractivity contribution in [1.82, 2.24) is 15.0 Å². The van der Waals surface area contributed by atoms with Crippen LogP contribution >= 0.6 is 34.4 Å². The Hall–Kier alpha value is -1.09. The lowest BCUT2D eigenvalue weighted by Gasteiger charge is -2.03. The molecule has 0 saturated heterocycles. The van der Waals surface area contributed by atoms with Crippen LogP contribution in [0, 0.1) is 3.57 Å². The second-order valence-corrected chi connectivity index (χ2v) is 4.91. The van der Waals surface area contributed by atoms with Gasteiger partial charge in [0, 0.05) is 6.20 Å². The Balaban J connectivity index is 2.38. The zero-order valence-electron chi connectivity index (χ0n) is 7.98. The van der Waals surface area contributed by atoms with E-state index in [-0.39, 0.29) is 5.56 Å². The number of pyridine rings is 1. The van der Waals surface area contributed by atoms with Gasteiger partial charge < -0.3 is 10.7 Å². The molecule has 2 rings (SSSR count). The summed E-state index contributed by atoms with van der Waals surface area (Å²) in [5.41, 5.74) is 6.17. The van der Waals surface area contributed by atoms with Crippen molar-refractivity contribution >= 4 is 40.0 Å². The number of aromatic amines is 1.